The Labute approximate surface area is 84.1 Å². The molecule has 0 aromatic carbocycles. The fourth-order valence-electron chi connectivity index (χ4n) is 2.01. The van der Waals surface area contributed by atoms with Crippen molar-refractivity contribution in [3.8, 4) is 0 Å². The molecular formula is C11H15ClO. The first-order valence-electron chi connectivity index (χ1n) is 4.96. The van der Waals surface area contributed by atoms with Gasteiger partial charge in [-0.3, -0.25) is 0 Å². The fraction of sp³-hybridized carbons (Fsp3) is 0.636. The Morgan fingerprint density at radius 2 is 1.92 bits per heavy atom. The van der Waals surface area contributed by atoms with Crippen LogP contribution in [0.2, 0.25) is 0 Å². The highest BCUT2D eigenvalue weighted by Crippen LogP contribution is 2.35. The SMILES string of the molecule is Cc1ccc(C2CCC(Cl)CC2)o1. The molecule has 1 aliphatic carbocycles. The Morgan fingerprint density at radius 1 is 1.23 bits per heavy atom. The van der Waals surface area contributed by atoms with Crippen molar-refractivity contribution in [1.29, 1.82) is 0 Å². The Bertz CT molecular complexity index is 271. The molecule has 0 N–H and O–H groups in total. The zero-order valence-corrected chi connectivity index (χ0v) is 8.68. The second-order valence-electron chi connectivity index (χ2n) is 3.90. The molecule has 1 aliphatic rings. The highest BCUT2D eigenvalue weighted by atomic mass is 35.5. The van der Waals surface area contributed by atoms with Gasteiger partial charge < -0.3 is 4.42 Å². The molecule has 0 bridgehead atoms. The molecule has 2 rings (SSSR count). The molecule has 1 fully saturated rings. The predicted molar refractivity (Wildman–Crippen MR) is 54.3 cm³/mol. The first-order valence-corrected chi connectivity index (χ1v) is 5.40. The molecule has 0 atom stereocenters. The van der Waals surface area contributed by atoms with Crippen molar-refractivity contribution < 1.29 is 4.42 Å². The molecule has 0 saturated heterocycles. The van der Waals surface area contributed by atoms with E-state index >= 15 is 0 Å². The molecule has 1 aromatic rings. The van der Waals surface area contributed by atoms with Crippen molar-refractivity contribution in [2.75, 3.05) is 0 Å². The molecule has 0 unspecified atom stereocenters. The third kappa shape index (κ3) is 2.08. The summed E-state index contributed by atoms with van der Waals surface area (Å²) in [5.41, 5.74) is 0. The van der Waals surface area contributed by atoms with E-state index in [9.17, 15) is 0 Å². The number of aryl methyl sites for hydroxylation is 1. The van der Waals surface area contributed by atoms with Gasteiger partial charge in [0.15, 0.2) is 0 Å². The van der Waals surface area contributed by atoms with Gasteiger partial charge in [-0.05, 0) is 44.7 Å². The van der Waals surface area contributed by atoms with Crippen molar-refractivity contribution in [3.05, 3.63) is 23.7 Å². The van der Waals surface area contributed by atoms with Gasteiger partial charge in [0.2, 0.25) is 0 Å². The van der Waals surface area contributed by atoms with E-state index in [1.165, 1.54) is 12.8 Å². The van der Waals surface area contributed by atoms with Gasteiger partial charge in [-0.2, -0.15) is 0 Å². The van der Waals surface area contributed by atoms with E-state index in [2.05, 4.69) is 6.07 Å². The summed E-state index contributed by atoms with van der Waals surface area (Å²) in [5.74, 6) is 2.78. The zero-order valence-electron chi connectivity index (χ0n) is 7.92. The van der Waals surface area contributed by atoms with Crippen molar-refractivity contribution >= 4 is 11.6 Å². The lowest BCUT2D eigenvalue weighted by Crippen LogP contribution is -2.12. The van der Waals surface area contributed by atoms with Gasteiger partial charge >= 0.3 is 0 Å². The average molecular weight is 199 g/mol. The highest BCUT2D eigenvalue weighted by molar-refractivity contribution is 6.20. The number of hydrogen-bond acceptors (Lipinski definition) is 1. The smallest absolute Gasteiger partial charge is 0.107 e. The molecule has 2 heteroatoms. The largest absolute Gasteiger partial charge is 0.466 e. The van der Waals surface area contributed by atoms with Gasteiger partial charge in [-0.15, -0.1) is 11.6 Å². The van der Waals surface area contributed by atoms with Crippen LogP contribution in [-0.2, 0) is 0 Å². The second-order valence-corrected chi connectivity index (χ2v) is 4.51. The van der Waals surface area contributed by atoms with Crippen LogP contribution in [0, 0.1) is 6.92 Å². The molecule has 0 aliphatic heterocycles. The summed E-state index contributed by atoms with van der Waals surface area (Å²) in [7, 11) is 0. The maximum absolute atomic E-state index is 6.04. The fourth-order valence-corrected chi connectivity index (χ4v) is 2.26. The summed E-state index contributed by atoms with van der Waals surface area (Å²) in [5, 5.41) is 0.396. The maximum atomic E-state index is 6.04. The lowest BCUT2D eigenvalue weighted by atomic mass is 9.87. The van der Waals surface area contributed by atoms with E-state index in [0.717, 1.165) is 24.4 Å². The average Bonchev–Trinajstić information content (AvgIpc) is 2.53. The van der Waals surface area contributed by atoms with Gasteiger partial charge in [0.25, 0.3) is 0 Å². The highest BCUT2D eigenvalue weighted by Gasteiger charge is 2.22. The van der Waals surface area contributed by atoms with Crippen molar-refractivity contribution in [1.82, 2.24) is 0 Å². The normalized spacial score (nSPS) is 29.1. The standard InChI is InChI=1S/C11H15ClO/c1-8-2-7-11(13-8)9-3-5-10(12)6-4-9/h2,7,9-10H,3-6H2,1H3. The van der Waals surface area contributed by atoms with E-state index in [4.69, 9.17) is 16.0 Å². The Balaban J connectivity index is 2.02. The zero-order chi connectivity index (χ0) is 9.26. The van der Waals surface area contributed by atoms with E-state index in [0.29, 0.717) is 11.3 Å². The molecule has 1 nitrogen and oxygen atoms in total. The van der Waals surface area contributed by atoms with Crippen LogP contribution in [-0.4, -0.2) is 5.38 Å². The van der Waals surface area contributed by atoms with Crippen LogP contribution in [0.3, 0.4) is 0 Å². The molecule has 1 aromatic heterocycles. The van der Waals surface area contributed by atoms with Crippen molar-refractivity contribution in [3.63, 3.8) is 0 Å². The molecule has 0 radical (unpaired) electrons. The molecule has 1 saturated carbocycles. The topological polar surface area (TPSA) is 13.1 Å². The van der Waals surface area contributed by atoms with Crippen LogP contribution in [0.4, 0.5) is 0 Å². The van der Waals surface area contributed by atoms with Crippen LogP contribution < -0.4 is 0 Å². The van der Waals surface area contributed by atoms with E-state index in [1.807, 2.05) is 13.0 Å². The second kappa shape index (κ2) is 3.75. The molecule has 72 valence electrons. The molecule has 0 spiro atoms. The van der Waals surface area contributed by atoms with Crippen LogP contribution in [0.25, 0.3) is 0 Å². The van der Waals surface area contributed by atoms with Crippen molar-refractivity contribution in [2.24, 2.45) is 0 Å². The lowest BCUT2D eigenvalue weighted by molar-refractivity contribution is 0.370. The van der Waals surface area contributed by atoms with Gasteiger partial charge in [0.05, 0.1) is 0 Å². The number of alkyl halides is 1. The third-order valence-electron chi connectivity index (χ3n) is 2.82. The molecule has 13 heavy (non-hydrogen) atoms. The Kier molecular flexibility index (Phi) is 2.63. The minimum atomic E-state index is 0.396. The van der Waals surface area contributed by atoms with E-state index < -0.39 is 0 Å². The van der Waals surface area contributed by atoms with Crippen LogP contribution in [0.1, 0.15) is 43.1 Å². The van der Waals surface area contributed by atoms with E-state index in [-0.39, 0.29) is 0 Å². The Morgan fingerprint density at radius 3 is 2.46 bits per heavy atom. The summed E-state index contributed by atoms with van der Waals surface area (Å²) < 4.78 is 5.62. The van der Waals surface area contributed by atoms with Crippen LogP contribution >= 0.6 is 11.6 Å². The lowest BCUT2D eigenvalue weighted by Gasteiger charge is -2.23. The predicted octanol–water partition coefficient (Wildman–Crippen LogP) is 3.85. The van der Waals surface area contributed by atoms with Gasteiger partial charge in [-0.1, -0.05) is 0 Å². The van der Waals surface area contributed by atoms with Gasteiger partial charge in [-0.25, -0.2) is 0 Å². The first-order chi connectivity index (χ1) is 6.25. The number of furan rings is 1. The minimum Gasteiger partial charge on any atom is -0.466 e. The number of rotatable bonds is 1. The monoisotopic (exact) mass is 198 g/mol. The summed E-state index contributed by atoms with van der Waals surface area (Å²) in [6.07, 6.45) is 4.63. The Hall–Kier alpha value is -0.430. The number of halogens is 1. The van der Waals surface area contributed by atoms with Crippen LogP contribution in [0.15, 0.2) is 16.5 Å². The van der Waals surface area contributed by atoms with E-state index in [1.54, 1.807) is 0 Å². The minimum absolute atomic E-state index is 0.396. The van der Waals surface area contributed by atoms with Crippen molar-refractivity contribution in [2.45, 2.75) is 43.9 Å². The summed E-state index contributed by atoms with van der Waals surface area (Å²) in [6.45, 7) is 2.00. The first kappa shape index (κ1) is 9.14. The molecule has 1 heterocycles. The van der Waals surface area contributed by atoms with Crippen LogP contribution in [0.5, 0.6) is 0 Å². The quantitative estimate of drug-likeness (QED) is 0.625. The summed E-state index contributed by atoms with van der Waals surface area (Å²) >= 11 is 6.04. The maximum Gasteiger partial charge on any atom is 0.107 e. The number of hydrogen-bond donors (Lipinski definition) is 0. The van der Waals surface area contributed by atoms with Gasteiger partial charge in [0, 0.05) is 11.3 Å². The van der Waals surface area contributed by atoms with Gasteiger partial charge in [0.1, 0.15) is 11.5 Å². The summed E-state index contributed by atoms with van der Waals surface area (Å²) in [6, 6.07) is 4.15. The molecule has 0 amide bonds. The molecular weight excluding hydrogens is 184 g/mol. The third-order valence-corrected chi connectivity index (χ3v) is 3.26. The summed E-state index contributed by atoms with van der Waals surface area (Å²) in [4.78, 5) is 0.